The summed E-state index contributed by atoms with van der Waals surface area (Å²) in [4.78, 5) is 14.7. The number of quaternary nitrogens is 1. The van der Waals surface area contributed by atoms with E-state index in [0.29, 0.717) is 27.6 Å². The lowest BCUT2D eigenvalue weighted by Crippen LogP contribution is -3.00. The molecule has 0 saturated heterocycles. The van der Waals surface area contributed by atoms with Gasteiger partial charge < -0.3 is 31.3 Å². The third kappa shape index (κ3) is 4.46. The number of rotatable bonds is 7. The molecule has 2 bridgehead atoms. The molecule has 2 aliphatic rings. The van der Waals surface area contributed by atoms with Crippen molar-refractivity contribution >= 4 is 28.6 Å². The van der Waals surface area contributed by atoms with Crippen LogP contribution in [0.1, 0.15) is 34.6 Å². The van der Waals surface area contributed by atoms with Crippen LogP contribution in [0, 0.1) is 11.8 Å². The summed E-state index contributed by atoms with van der Waals surface area (Å²) < 4.78 is 7.04. The van der Waals surface area contributed by atoms with Gasteiger partial charge in [0, 0.05) is 17.4 Å². The summed E-state index contributed by atoms with van der Waals surface area (Å²) in [5, 5.41) is 15.4. The molecule has 0 amide bonds. The maximum Gasteiger partial charge on any atom is 0.349 e. The highest BCUT2D eigenvalue weighted by atomic mass is 79.9. The van der Waals surface area contributed by atoms with Gasteiger partial charge in [-0.15, -0.1) is 22.7 Å². The van der Waals surface area contributed by atoms with Crippen LogP contribution in [-0.4, -0.2) is 41.8 Å². The molecule has 3 aromatic rings. The second kappa shape index (κ2) is 9.62. The smallest absolute Gasteiger partial charge is 0.349 e. The fourth-order valence-electron chi connectivity index (χ4n) is 6.13. The van der Waals surface area contributed by atoms with Crippen LogP contribution in [0.2, 0.25) is 0 Å². The molecule has 2 aromatic heterocycles. The van der Waals surface area contributed by atoms with Gasteiger partial charge in [0.2, 0.25) is 5.60 Å². The minimum absolute atomic E-state index is 0. The molecule has 7 heteroatoms. The number of benzene rings is 1. The maximum atomic E-state index is 13.5. The van der Waals surface area contributed by atoms with Crippen molar-refractivity contribution in [1.29, 1.82) is 0 Å². The average molecular weight is 549 g/mol. The van der Waals surface area contributed by atoms with E-state index in [-0.39, 0.29) is 23.1 Å². The number of carbonyl (C=O) groups is 1. The van der Waals surface area contributed by atoms with Crippen LogP contribution in [-0.2, 0) is 21.7 Å². The number of halogens is 1. The van der Waals surface area contributed by atoms with Crippen LogP contribution in [0.4, 0.5) is 0 Å². The van der Waals surface area contributed by atoms with Crippen molar-refractivity contribution in [2.75, 3.05) is 14.1 Å². The van der Waals surface area contributed by atoms with E-state index in [0.717, 1.165) is 23.9 Å². The van der Waals surface area contributed by atoms with Crippen LogP contribution < -0.4 is 17.0 Å². The molecule has 176 valence electrons. The van der Waals surface area contributed by atoms with E-state index in [1.54, 1.807) is 0 Å². The minimum atomic E-state index is -1.73. The van der Waals surface area contributed by atoms with Gasteiger partial charge in [0.15, 0.2) is 0 Å². The molecular formula is C26H30BrNO3S2. The largest absolute Gasteiger partial charge is 1.00 e. The number of thiophene rings is 2. The highest BCUT2D eigenvalue weighted by Crippen LogP contribution is 2.51. The van der Waals surface area contributed by atoms with E-state index < -0.39 is 11.6 Å². The lowest BCUT2D eigenvalue weighted by atomic mass is 9.96. The molecule has 1 N–H and O–H groups in total. The normalized spacial score (nSPS) is 24.5. The van der Waals surface area contributed by atoms with Crippen LogP contribution in [0.3, 0.4) is 0 Å². The summed E-state index contributed by atoms with van der Waals surface area (Å²) >= 11 is 2.78. The monoisotopic (exact) mass is 547 g/mol. The quantitative estimate of drug-likeness (QED) is 0.363. The Morgan fingerprint density at radius 1 is 1.03 bits per heavy atom. The number of aliphatic hydroxyl groups is 1. The predicted molar refractivity (Wildman–Crippen MR) is 128 cm³/mol. The van der Waals surface area contributed by atoms with E-state index in [2.05, 4.69) is 44.4 Å². The van der Waals surface area contributed by atoms with Gasteiger partial charge >= 0.3 is 5.97 Å². The first kappa shape index (κ1) is 24.6. The topological polar surface area (TPSA) is 46.5 Å². The van der Waals surface area contributed by atoms with Gasteiger partial charge in [0.25, 0.3) is 0 Å². The number of esters is 1. The van der Waals surface area contributed by atoms with Crippen molar-refractivity contribution in [3.05, 3.63) is 80.7 Å². The molecule has 0 spiro atoms. The SMILES string of the molecule is C[N+](C)(Cc1ccccc1)C1C2CCC1C(OC(=O)C(O)(c1cccs1)c1cccs1)C2.[Br-]. The molecule has 2 heterocycles. The van der Waals surface area contributed by atoms with E-state index in [4.69, 9.17) is 4.74 Å². The summed E-state index contributed by atoms with van der Waals surface area (Å²) in [5.74, 6) is 0.346. The first-order chi connectivity index (χ1) is 15.4. The average Bonchev–Trinajstić information content (AvgIpc) is 3.58. The molecule has 2 saturated carbocycles. The van der Waals surface area contributed by atoms with Crippen LogP contribution in [0.5, 0.6) is 0 Å². The van der Waals surface area contributed by atoms with Gasteiger partial charge in [-0.2, -0.15) is 0 Å². The fourth-order valence-corrected chi connectivity index (χ4v) is 7.85. The molecule has 4 nitrogen and oxygen atoms in total. The molecule has 4 unspecified atom stereocenters. The Morgan fingerprint density at radius 2 is 1.67 bits per heavy atom. The minimum Gasteiger partial charge on any atom is -1.00 e. The van der Waals surface area contributed by atoms with Crippen molar-refractivity contribution in [3.8, 4) is 0 Å². The lowest BCUT2D eigenvalue weighted by Gasteiger charge is -2.39. The Morgan fingerprint density at radius 3 is 2.24 bits per heavy atom. The van der Waals surface area contributed by atoms with Gasteiger partial charge in [0.1, 0.15) is 12.6 Å². The van der Waals surface area contributed by atoms with Gasteiger partial charge in [0.05, 0.1) is 29.9 Å². The van der Waals surface area contributed by atoms with Crippen LogP contribution in [0.25, 0.3) is 0 Å². The number of nitrogens with zero attached hydrogens (tertiary/aromatic N) is 1. The second-order valence-corrected chi connectivity index (χ2v) is 11.7. The Bertz CT molecular complexity index is 1020. The Hall–Kier alpha value is -1.51. The molecule has 4 atom stereocenters. The van der Waals surface area contributed by atoms with E-state index >= 15 is 0 Å². The Balaban J connectivity index is 0.00000259. The molecule has 2 fully saturated rings. The molecule has 2 aliphatic carbocycles. The summed E-state index contributed by atoms with van der Waals surface area (Å²) in [6.07, 6.45) is 3.04. The summed E-state index contributed by atoms with van der Waals surface area (Å²) in [5.41, 5.74) is -0.393. The Kier molecular flexibility index (Phi) is 7.18. The summed E-state index contributed by atoms with van der Waals surface area (Å²) in [6, 6.07) is 18.5. The molecule has 33 heavy (non-hydrogen) atoms. The lowest BCUT2D eigenvalue weighted by molar-refractivity contribution is -0.932. The number of hydrogen-bond donors (Lipinski definition) is 1. The second-order valence-electron chi connectivity index (χ2n) is 9.76. The number of carbonyl (C=O) groups excluding carboxylic acids is 1. The zero-order chi connectivity index (χ0) is 22.3. The summed E-state index contributed by atoms with van der Waals surface area (Å²) in [6.45, 7) is 0.966. The zero-order valence-electron chi connectivity index (χ0n) is 18.9. The van der Waals surface area contributed by atoms with Crippen molar-refractivity contribution in [2.45, 2.75) is 43.6 Å². The van der Waals surface area contributed by atoms with E-state index in [1.165, 1.54) is 34.7 Å². The van der Waals surface area contributed by atoms with Gasteiger partial charge in [-0.25, -0.2) is 4.79 Å². The van der Waals surface area contributed by atoms with Crippen molar-refractivity contribution < 1.29 is 36.1 Å². The number of hydrogen-bond acceptors (Lipinski definition) is 5. The molecule has 0 radical (unpaired) electrons. The van der Waals surface area contributed by atoms with E-state index in [9.17, 15) is 9.90 Å². The zero-order valence-corrected chi connectivity index (χ0v) is 22.1. The fraction of sp³-hybridized carbons (Fsp3) is 0.423. The Labute approximate surface area is 214 Å². The van der Waals surface area contributed by atoms with Crippen LogP contribution in [0.15, 0.2) is 65.4 Å². The van der Waals surface area contributed by atoms with Gasteiger partial charge in [-0.3, -0.25) is 0 Å². The van der Waals surface area contributed by atoms with Gasteiger partial charge in [-0.1, -0.05) is 42.5 Å². The number of ether oxygens (including phenoxy) is 1. The molecule has 1 aromatic carbocycles. The van der Waals surface area contributed by atoms with Gasteiger partial charge in [-0.05, 0) is 42.2 Å². The van der Waals surface area contributed by atoms with E-state index in [1.807, 2.05) is 35.0 Å². The standard InChI is InChI=1S/C26H30NO3S2.BrH/c1-27(2,17-18-8-4-3-5-9-18)24-19-12-13-20(24)21(16-19)30-25(28)26(29,22-10-6-14-31-22)23-11-7-15-32-23;/h3-11,14-15,19-21,24,29H,12-13,16-17H2,1-2H3;1H/q+1;/p-1. The van der Waals surface area contributed by atoms with Crippen molar-refractivity contribution in [2.24, 2.45) is 11.8 Å². The third-order valence-electron chi connectivity index (χ3n) is 7.35. The van der Waals surface area contributed by atoms with Crippen LogP contribution >= 0.6 is 22.7 Å². The van der Waals surface area contributed by atoms with Crippen molar-refractivity contribution in [3.63, 3.8) is 0 Å². The maximum absolute atomic E-state index is 13.5. The molecular weight excluding hydrogens is 518 g/mol. The third-order valence-corrected chi connectivity index (χ3v) is 9.31. The number of fused-ring (bicyclic) bond motifs is 2. The summed E-state index contributed by atoms with van der Waals surface area (Å²) in [7, 11) is 4.61. The first-order valence-corrected chi connectivity index (χ1v) is 13.0. The molecule has 5 rings (SSSR count). The molecule has 0 aliphatic heterocycles. The first-order valence-electron chi connectivity index (χ1n) is 11.3. The highest BCUT2D eigenvalue weighted by Gasteiger charge is 2.58. The van der Waals surface area contributed by atoms with Crippen molar-refractivity contribution in [1.82, 2.24) is 0 Å². The predicted octanol–water partition coefficient (Wildman–Crippen LogP) is 2.04. The highest BCUT2D eigenvalue weighted by molar-refractivity contribution is 7.12.